The Labute approximate surface area is 134 Å². The molecule has 2 aromatic carbocycles. The van der Waals surface area contributed by atoms with Gasteiger partial charge in [-0.05, 0) is 61.2 Å². The molecule has 0 aliphatic rings. The number of aromatic hydroxyl groups is 1. The second-order valence-corrected chi connectivity index (χ2v) is 4.57. The third kappa shape index (κ3) is 5.03. The van der Waals surface area contributed by atoms with Crippen LogP contribution in [0.15, 0.2) is 36.4 Å². The Morgan fingerprint density at radius 3 is 2.09 bits per heavy atom. The zero-order valence-electron chi connectivity index (χ0n) is 14.8. The third-order valence-corrected chi connectivity index (χ3v) is 3.24. The maximum atomic E-state index is 11.4. The summed E-state index contributed by atoms with van der Waals surface area (Å²) in [5, 5.41) is 9.71. The van der Waals surface area contributed by atoms with Gasteiger partial charge in [0.05, 0.1) is 0 Å². The predicted octanol–water partition coefficient (Wildman–Crippen LogP) is 5.93. The van der Waals surface area contributed by atoms with E-state index in [4.69, 9.17) is 0 Å². The van der Waals surface area contributed by atoms with Gasteiger partial charge in [-0.1, -0.05) is 45.9 Å². The van der Waals surface area contributed by atoms with Crippen LogP contribution in [0.5, 0.6) is 5.75 Å². The average Bonchev–Trinajstić information content (AvgIpc) is 2.53. The molecule has 2 rings (SSSR count). The van der Waals surface area contributed by atoms with Gasteiger partial charge in [-0.15, -0.1) is 0 Å². The molecule has 0 spiro atoms. The van der Waals surface area contributed by atoms with Crippen molar-refractivity contribution in [2.75, 3.05) is 0 Å². The second-order valence-electron chi connectivity index (χ2n) is 4.57. The Morgan fingerprint density at radius 2 is 1.55 bits per heavy atom. The van der Waals surface area contributed by atoms with Crippen molar-refractivity contribution in [3.8, 4) is 16.9 Å². The van der Waals surface area contributed by atoms with Gasteiger partial charge in [-0.3, -0.25) is 4.79 Å². The normalized spacial score (nSPS) is 9.05. The Kier molecular flexibility index (Phi) is 8.85. The van der Waals surface area contributed by atoms with Crippen LogP contribution in [0.4, 0.5) is 0 Å². The lowest BCUT2D eigenvalue weighted by Crippen LogP contribution is -1.94. The van der Waals surface area contributed by atoms with E-state index in [-0.39, 0.29) is 11.5 Å². The van der Waals surface area contributed by atoms with Crippen LogP contribution in [0.3, 0.4) is 0 Å². The average molecular weight is 300 g/mol. The summed E-state index contributed by atoms with van der Waals surface area (Å²) in [6, 6.07) is 11.0. The fraction of sp³-hybridized carbons (Fsp3) is 0.350. The fourth-order valence-corrected chi connectivity index (χ4v) is 2.03. The summed E-state index contributed by atoms with van der Waals surface area (Å²) in [4.78, 5) is 11.4. The van der Waals surface area contributed by atoms with Crippen molar-refractivity contribution in [2.45, 2.75) is 48.5 Å². The van der Waals surface area contributed by atoms with Crippen LogP contribution in [-0.4, -0.2) is 10.9 Å². The monoisotopic (exact) mass is 300 g/mol. The lowest BCUT2D eigenvalue weighted by molar-refractivity contribution is 0.101. The first kappa shape index (κ1) is 19.9. The lowest BCUT2D eigenvalue weighted by Gasteiger charge is -2.10. The molecule has 0 heterocycles. The molecule has 22 heavy (non-hydrogen) atoms. The molecular weight excluding hydrogens is 272 g/mol. The van der Waals surface area contributed by atoms with Crippen LogP contribution in [0.2, 0.25) is 0 Å². The van der Waals surface area contributed by atoms with Crippen LogP contribution in [0.25, 0.3) is 11.1 Å². The first-order valence-electron chi connectivity index (χ1n) is 7.90. The number of aryl methyl sites for hydroxylation is 1. The molecule has 0 saturated heterocycles. The van der Waals surface area contributed by atoms with E-state index in [2.05, 4.69) is 0 Å². The van der Waals surface area contributed by atoms with Crippen molar-refractivity contribution in [2.24, 2.45) is 0 Å². The molecule has 0 unspecified atom stereocenters. The summed E-state index contributed by atoms with van der Waals surface area (Å²) in [5.41, 5.74) is 4.82. The number of carbonyl (C=O) groups excluding carboxylic acids is 1. The number of phenols is 1. The van der Waals surface area contributed by atoms with Gasteiger partial charge >= 0.3 is 0 Å². The Bertz CT molecular complexity index is 613. The molecule has 0 aliphatic carbocycles. The molecule has 1 N–H and O–H groups in total. The highest BCUT2D eigenvalue weighted by Gasteiger charge is 2.08. The van der Waals surface area contributed by atoms with E-state index < -0.39 is 0 Å². The Morgan fingerprint density at radius 1 is 0.955 bits per heavy atom. The van der Waals surface area contributed by atoms with Gasteiger partial charge in [0, 0.05) is 5.56 Å². The molecule has 2 nitrogen and oxygen atoms in total. The van der Waals surface area contributed by atoms with Crippen molar-refractivity contribution in [3.63, 3.8) is 0 Å². The van der Waals surface area contributed by atoms with Gasteiger partial charge in [0.1, 0.15) is 5.75 Å². The highest BCUT2D eigenvalue weighted by Crippen LogP contribution is 2.29. The summed E-state index contributed by atoms with van der Waals surface area (Å²) in [6.07, 6.45) is 0. The van der Waals surface area contributed by atoms with Gasteiger partial charge in [0.15, 0.2) is 5.78 Å². The standard InChI is InChI=1S/C16H16O2.2C2H6/c1-10-5-4-6-16(11(10)2)14-7-13(12(3)17)8-15(18)9-14;2*1-2/h4-9,18H,1-3H3;2*1-2H3. The lowest BCUT2D eigenvalue weighted by atomic mass is 9.95. The smallest absolute Gasteiger partial charge is 0.159 e. The van der Waals surface area contributed by atoms with Crippen molar-refractivity contribution in [3.05, 3.63) is 53.1 Å². The maximum Gasteiger partial charge on any atom is 0.159 e. The van der Waals surface area contributed by atoms with Crippen LogP contribution in [-0.2, 0) is 0 Å². The predicted molar refractivity (Wildman–Crippen MR) is 95.7 cm³/mol. The molecule has 120 valence electrons. The SMILES string of the molecule is CC.CC.CC(=O)c1cc(O)cc(-c2cccc(C)c2C)c1. The van der Waals surface area contributed by atoms with E-state index in [0.717, 1.165) is 16.7 Å². The quantitative estimate of drug-likeness (QED) is 0.698. The second kappa shape index (κ2) is 9.78. The Hall–Kier alpha value is -2.09. The number of phenolic OH excluding ortho intramolecular Hbond substituents is 1. The summed E-state index contributed by atoms with van der Waals surface area (Å²) < 4.78 is 0. The highest BCUT2D eigenvalue weighted by molar-refractivity contribution is 5.96. The number of hydrogen-bond donors (Lipinski definition) is 1. The van der Waals surface area contributed by atoms with Crippen molar-refractivity contribution in [1.82, 2.24) is 0 Å². The first-order valence-corrected chi connectivity index (χ1v) is 7.90. The molecule has 0 aromatic heterocycles. The van der Waals surface area contributed by atoms with E-state index in [1.54, 1.807) is 6.07 Å². The van der Waals surface area contributed by atoms with E-state index >= 15 is 0 Å². The molecule has 0 saturated carbocycles. The van der Waals surface area contributed by atoms with Gasteiger partial charge in [0.2, 0.25) is 0 Å². The molecule has 0 atom stereocenters. The summed E-state index contributed by atoms with van der Waals surface area (Å²) in [5.74, 6) is 0.0797. The summed E-state index contributed by atoms with van der Waals surface area (Å²) in [6.45, 7) is 13.6. The van der Waals surface area contributed by atoms with Crippen molar-refractivity contribution in [1.29, 1.82) is 0 Å². The van der Waals surface area contributed by atoms with Crippen molar-refractivity contribution >= 4 is 5.78 Å². The fourth-order valence-electron chi connectivity index (χ4n) is 2.03. The van der Waals surface area contributed by atoms with Gasteiger partial charge in [-0.2, -0.15) is 0 Å². The molecular formula is C20H28O2. The minimum atomic E-state index is -0.0440. The van der Waals surface area contributed by atoms with Gasteiger partial charge < -0.3 is 5.11 Å². The highest BCUT2D eigenvalue weighted by atomic mass is 16.3. The Balaban J connectivity index is 0.00000102. The van der Waals surface area contributed by atoms with E-state index in [1.807, 2.05) is 65.8 Å². The van der Waals surface area contributed by atoms with E-state index in [9.17, 15) is 9.90 Å². The molecule has 2 aromatic rings. The molecule has 2 heteroatoms. The number of ketones is 1. The number of hydrogen-bond acceptors (Lipinski definition) is 2. The minimum absolute atomic E-state index is 0.0440. The minimum Gasteiger partial charge on any atom is -0.508 e. The molecule has 0 aliphatic heterocycles. The van der Waals surface area contributed by atoms with Crippen LogP contribution >= 0.6 is 0 Å². The maximum absolute atomic E-state index is 11.4. The summed E-state index contributed by atoms with van der Waals surface area (Å²) in [7, 11) is 0. The zero-order chi connectivity index (χ0) is 17.3. The van der Waals surface area contributed by atoms with Gasteiger partial charge in [0.25, 0.3) is 0 Å². The van der Waals surface area contributed by atoms with Crippen LogP contribution in [0.1, 0.15) is 56.1 Å². The number of benzene rings is 2. The molecule has 0 bridgehead atoms. The zero-order valence-corrected chi connectivity index (χ0v) is 14.8. The number of rotatable bonds is 2. The first-order chi connectivity index (χ1) is 10.5. The topological polar surface area (TPSA) is 37.3 Å². The van der Waals surface area contributed by atoms with E-state index in [0.29, 0.717) is 5.56 Å². The van der Waals surface area contributed by atoms with E-state index in [1.165, 1.54) is 18.6 Å². The molecule has 0 radical (unpaired) electrons. The van der Waals surface area contributed by atoms with Gasteiger partial charge in [-0.25, -0.2) is 0 Å². The third-order valence-electron chi connectivity index (χ3n) is 3.24. The largest absolute Gasteiger partial charge is 0.508 e. The molecule has 0 fully saturated rings. The molecule has 0 amide bonds. The van der Waals surface area contributed by atoms with Crippen molar-refractivity contribution < 1.29 is 9.90 Å². The van der Waals surface area contributed by atoms with Crippen LogP contribution < -0.4 is 0 Å². The number of carbonyl (C=O) groups is 1. The van der Waals surface area contributed by atoms with Crippen LogP contribution in [0, 0.1) is 13.8 Å². The number of Topliss-reactive ketones (excluding diaryl/α,β-unsaturated/α-hetero) is 1. The summed E-state index contributed by atoms with van der Waals surface area (Å²) >= 11 is 0.